The molecule has 31 heavy (non-hydrogen) atoms. The summed E-state index contributed by atoms with van der Waals surface area (Å²) >= 11 is 1.98. The van der Waals surface area contributed by atoms with Crippen LogP contribution in [0, 0.1) is 6.92 Å². The molecule has 7 heteroatoms. The molecule has 1 N–H and O–H groups in total. The first-order valence-electron chi connectivity index (χ1n) is 10.9. The van der Waals surface area contributed by atoms with E-state index in [1.807, 2.05) is 55.1 Å². The Labute approximate surface area is 187 Å². The van der Waals surface area contributed by atoms with E-state index in [2.05, 4.69) is 26.9 Å². The van der Waals surface area contributed by atoms with Crippen LogP contribution in [0.5, 0.6) is 0 Å². The number of amides is 1. The first kappa shape index (κ1) is 20.5. The Balaban J connectivity index is 1.35. The van der Waals surface area contributed by atoms with Crippen LogP contribution in [0.2, 0.25) is 0 Å². The summed E-state index contributed by atoms with van der Waals surface area (Å²) < 4.78 is 7.66. The maximum absolute atomic E-state index is 13.0. The van der Waals surface area contributed by atoms with Crippen molar-refractivity contribution >= 4 is 28.7 Å². The van der Waals surface area contributed by atoms with Gasteiger partial charge in [0.15, 0.2) is 0 Å². The minimum atomic E-state index is -0.0293. The van der Waals surface area contributed by atoms with Gasteiger partial charge in [-0.25, -0.2) is 4.98 Å². The Hall–Kier alpha value is -2.35. The van der Waals surface area contributed by atoms with Gasteiger partial charge in [0.1, 0.15) is 5.82 Å². The molecule has 0 aliphatic carbocycles. The number of hydrogen-bond acceptors (Lipinski definition) is 5. The summed E-state index contributed by atoms with van der Waals surface area (Å²) in [4.78, 5) is 20.3. The second-order valence-corrected chi connectivity index (χ2v) is 9.45. The number of carbonyl (C=O) groups excluding carboxylic acids is 1. The van der Waals surface area contributed by atoms with Crippen molar-refractivity contribution in [1.29, 1.82) is 0 Å². The molecule has 162 valence electrons. The fraction of sp³-hybridized carbons (Fsp3) is 0.417. The van der Waals surface area contributed by atoms with Gasteiger partial charge in [0.2, 0.25) is 0 Å². The zero-order chi connectivity index (χ0) is 21.3. The van der Waals surface area contributed by atoms with Crippen molar-refractivity contribution in [2.45, 2.75) is 18.9 Å². The van der Waals surface area contributed by atoms with Crippen molar-refractivity contribution in [2.24, 2.45) is 0 Å². The molecule has 6 nitrogen and oxygen atoms in total. The normalized spacial score (nSPS) is 22.1. The van der Waals surface area contributed by atoms with E-state index in [4.69, 9.17) is 9.72 Å². The maximum atomic E-state index is 13.0. The molecule has 2 aliphatic heterocycles. The average molecular weight is 437 g/mol. The number of aromatic nitrogens is 2. The van der Waals surface area contributed by atoms with Crippen LogP contribution in [0.15, 0.2) is 48.5 Å². The molecular weight excluding hydrogens is 408 g/mol. The van der Waals surface area contributed by atoms with E-state index in [1.165, 1.54) is 0 Å². The zero-order valence-electron chi connectivity index (χ0n) is 17.8. The fourth-order valence-corrected chi connectivity index (χ4v) is 6.20. The fourth-order valence-electron chi connectivity index (χ4n) is 4.73. The first-order chi connectivity index (χ1) is 15.2. The predicted molar refractivity (Wildman–Crippen MR) is 125 cm³/mol. The Morgan fingerprint density at radius 2 is 2.00 bits per heavy atom. The number of imidazole rings is 1. The molecule has 1 atom stereocenters. The van der Waals surface area contributed by atoms with E-state index in [9.17, 15) is 4.79 Å². The van der Waals surface area contributed by atoms with Crippen molar-refractivity contribution in [3.8, 4) is 5.69 Å². The summed E-state index contributed by atoms with van der Waals surface area (Å²) in [6, 6.07) is 16.0. The Kier molecular flexibility index (Phi) is 5.73. The summed E-state index contributed by atoms with van der Waals surface area (Å²) in [6.07, 6.45) is 1.11. The van der Waals surface area contributed by atoms with Gasteiger partial charge in [-0.2, -0.15) is 11.8 Å². The summed E-state index contributed by atoms with van der Waals surface area (Å²) in [7, 11) is 0. The van der Waals surface area contributed by atoms with Crippen LogP contribution in [0.4, 0.5) is 0 Å². The van der Waals surface area contributed by atoms with Crippen molar-refractivity contribution in [2.75, 3.05) is 44.4 Å². The highest BCUT2D eigenvalue weighted by molar-refractivity contribution is 7.99. The van der Waals surface area contributed by atoms with Crippen LogP contribution >= 0.6 is 11.8 Å². The Morgan fingerprint density at radius 3 is 2.74 bits per heavy atom. The predicted octanol–water partition coefficient (Wildman–Crippen LogP) is 3.27. The number of para-hydroxylation sites is 1. The monoisotopic (exact) mass is 436 g/mol. The van der Waals surface area contributed by atoms with E-state index < -0.39 is 0 Å². The molecule has 2 fully saturated rings. The van der Waals surface area contributed by atoms with Crippen molar-refractivity contribution in [3.05, 3.63) is 59.9 Å². The highest BCUT2D eigenvalue weighted by Crippen LogP contribution is 2.33. The van der Waals surface area contributed by atoms with Gasteiger partial charge in [-0.3, -0.25) is 14.3 Å². The summed E-state index contributed by atoms with van der Waals surface area (Å²) in [6.45, 7) is 6.11. The number of fused-ring (bicyclic) bond motifs is 1. The number of ether oxygens (including phenoxy) is 1. The average Bonchev–Trinajstić information content (AvgIpc) is 3.42. The number of nitrogens with one attached hydrogen (secondary N) is 1. The molecule has 0 radical (unpaired) electrons. The van der Waals surface area contributed by atoms with Crippen molar-refractivity contribution in [1.82, 2.24) is 19.8 Å². The van der Waals surface area contributed by atoms with Crippen LogP contribution in [-0.2, 0) is 4.74 Å². The molecule has 1 amide bonds. The number of hydrogen-bond donors (Lipinski definition) is 1. The molecule has 5 rings (SSSR count). The SMILES string of the molecule is Cc1nc2cc(C(=O)NCC3(N4CCOCC4)CCSC3)ccc2n1-c1ccccc1. The summed E-state index contributed by atoms with van der Waals surface area (Å²) in [5, 5.41) is 3.23. The molecule has 1 aromatic heterocycles. The summed E-state index contributed by atoms with van der Waals surface area (Å²) in [5.41, 5.74) is 3.63. The molecule has 0 bridgehead atoms. The van der Waals surface area contributed by atoms with E-state index in [1.54, 1.807) is 0 Å². The third kappa shape index (κ3) is 3.97. The van der Waals surface area contributed by atoms with E-state index >= 15 is 0 Å². The second-order valence-electron chi connectivity index (χ2n) is 8.34. The lowest BCUT2D eigenvalue weighted by atomic mass is 9.95. The molecule has 2 saturated heterocycles. The van der Waals surface area contributed by atoms with Gasteiger partial charge >= 0.3 is 0 Å². The number of aryl methyl sites for hydroxylation is 1. The minimum absolute atomic E-state index is 0.0293. The lowest BCUT2D eigenvalue weighted by molar-refractivity contribution is -0.0129. The van der Waals surface area contributed by atoms with Gasteiger partial charge in [0.25, 0.3) is 5.91 Å². The number of thioether (sulfide) groups is 1. The molecule has 2 aromatic carbocycles. The highest BCUT2D eigenvalue weighted by atomic mass is 32.2. The van der Waals surface area contributed by atoms with Gasteiger partial charge in [-0.15, -0.1) is 0 Å². The quantitative estimate of drug-likeness (QED) is 0.665. The zero-order valence-corrected chi connectivity index (χ0v) is 18.7. The van der Waals surface area contributed by atoms with E-state index in [-0.39, 0.29) is 11.4 Å². The number of benzene rings is 2. The van der Waals surface area contributed by atoms with Gasteiger partial charge in [0, 0.05) is 42.2 Å². The van der Waals surface area contributed by atoms with Crippen LogP contribution in [0.3, 0.4) is 0 Å². The van der Waals surface area contributed by atoms with Crippen LogP contribution in [0.25, 0.3) is 16.7 Å². The van der Waals surface area contributed by atoms with Crippen molar-refractivity contribution < 1.29 is 9.53 Å². The van der Waals surface area contributed by atoms with Gasteiger partial charge < -0.3 is 10.1 Å². The third-order valence-corrected chi connectivity index (χ3v) is 7.68. The molecule has 2 aliphatic rings. The lowest BCUT2D eigenvalue weighted by Gasteiger charge is -2.43. The number of rotatable bonds is 5. The maximum Gasteiger partial charge on any atom is 0.251 e. The van der Waals surface area contributed by atoms with E-state index in [0.717, 1.165) is 66.8 Å². The Morgan fingerprint density at radius 1 is 1.19 bits per heavy atom. The van der Waals surface area contributed by atoms with Crippen molar-refractivity contribution in [3.63, 3.8) is 0 Å². The van der Waals surface area contributed by atoms with Crippen LogP contribution in [-0.4, -0.2) is 70.3 Å². The molecule has 3 heterocycles. The number of morpholine rings is 1. The summed E-state index contributed by atoms with van der Waals surface area (Å²) in [5.74, 6) is 3.09. The third-order valence-electron chi connectivity index (χ3n) is 6.44. The Bertz CT molecular complexity index is 1070. The number of nitrogens with zero attached hydrogens (tertiary/aromatic N) is 3. The van der Waals surface area contributed by atoms with Gasteiger partial charge in [0.05, 0.1) is 24.2 Å². The number of carbonyl (C=O) groups is 1. The highest BCUT2D eigenvalue weighted by Gasteiger charge is 2.40. The van der Waals surface area contributed by atoms with Crippen LogP contribution in [0.1, 0.15) is 22.6 Å². The van der Waals surface area contributed by atoms with Crippen LogP contribution < -0.4 is 5.32 Å². The standard InChI is InChI=1S/C24H28N4O2S/c1-18-26-21-15-19(7-8-22(21)28(18)20-5-3-2-4-6-20)23(29)25-16-24(9-14-31-17-24)27-10-12-30-13-11-27/h2-8,15H,9-14,16-17H2,1H3,(H,25,29). The molecule has 3 aromatic rings. The first-order valence-corrected chi connectivity index (χ1v) is 12.1. The minimum Gasteiger partial charge on any atom is -0.379 e. The molecule has 0 spiro atoms. The second kappa shape index (κ2) is 8.65. The lowest BCUT2D eigenvalue weighted by Crippen LogP contribution is -2.59. The largest absolute Gasteiger partial charge is 0.379 e. The van der Waals surface area contributed by atoms with Gasteiger partial charge in [-0.1, -0.05) is 18.2 Å². The molecule has 1 unspecified atom stereocenters. The van der Waals surface area contributed by atoms with E-state index in [0.29, 0.717) is 12.1 Å². The molecule has 0 saturated carbocycles. The molecular formula is C24H28N4O2S. The topological polar surface area (TPSA) is 59.4 Å². The smallest absolute Gasteiger partial charge is 0.251 e. The van der Waals surface area contributed by atoms with Gasteiger partial charge in [-0.05, 0) is 49.4 Å².